The first kappa shape index (κ1) is 30.5. The van der Waals surface area contributed by atoms with Gasteiger partial charge in [0.15, 0.2) is 5.78 Å². The molecule has 5 saturated carbocycles. The fourth-order valence-electron chi connectivity index (χ4n) is 11.8. The number of fused-ring (bicyclic) bond motifs is 2. The number of ketones is 1. The summed E-state index contributed by atoms with van der Waals surface area (Å²) in [6, 6.07) is 6.53. The SMILES string of the molecule is CCN1C[C@]2(COC)[C@H](O)CC(OC)C34C1C(C(OC)[C@@H]32)[C@H]1C(=O)[C@H](OC)[C@]2(O)C[C@H]4[C@@H]1[C@H]2OC(=O)c1ccc(OC)cc1. The van der Waals surface area contributed by atoms with Crippen molar-refractivity contribution in [2.45, 2.75) is 61.9 Å². The van der Waals surface area contributed by atoms with Gasteiger partial charge < -0.3 is 38.6 Å². The minimum atomic E-state index is -1.73. The molecule has 1 heterocycles. The van der Waals surface area contributed by atoms with Crippen LogP contribution >= 0.6 is 0 Å². The van der Waals surface area contributed by atoms with E-state index in [1.54, 1.807) is 52.7 Å². The minimum Gasteiger partial charge on any atom is -0.497 e. The summed E-state index contributed by atoms with van der Waals surface area (Å²) in [5, 5.41) is 24.4. The Morgan fingerprint density at radius 1 is 1.05 bits per heavy atom. The normalized spacial score (nSPS) is 48.4. The van der Waals surface area contributed by atoms with E-state index in [0.29, 0.717) is 37.4 Å². The van der Waals surface area contributed by atoms with Crippen molar-refractivity contribution in [1.29, 1.82) is 0 Å². The van der Waals surface area contributed by atoms with Crippen molar-refractivity contribution in [2.75, 3.05) is 55.2 Å². The molecule has 0 amide bonds. The molecule has 6 fully saturated rings. The Balaban J connectivity index is 1.42. The van der Waals surface area contributed by atoms with Crippen LogP contribution in [-0.2, 0) is 28.5 Å². The number of rotatable bonds is 9. The standard InChI is InChI=1S/C33H45NO10/c1-7-34-14-31(15-39-2)19(35)12-20(41-4)33-18-13-32(38)28(44-30(37)16-8-10-17(40-3)11-9-16)21(18)22(24(36)29(32)43-6)23(27(33)34)25(42-5)26(31)33/h8-11,18-23,25-29,35,38H,7,12-15H2,1-6H3/t18-,19+,20?,21-,22-,23?,25?,26+,27?,28+,29-,31-,32-,33?/m0/s1. The maximum atomic E-state index is 14.5. The van der Waals surface area contributed by atoms with E-state index in [0.717, 1.165) is 0 Å². The first-order valence-electron chi connectivity index (χ1n) is 15.7. The fourth-order valence-corrected chi connectivity index (χ4v) is 11.8. The lowest BCUT2D eigenvalue weighted by Gasteiger charge is -2.69. The highest BCUT2D eigenvalue weighted by molar-refractivity contribution is 5.92. The Morgan fingerprint density at radius 3 is 2.36 bits per heavy atom. The molecule has 1 spiro atoms. The van der Waals surface area contributed by atoms with Gasteiger partial charge >= 0.3 is 5.97 Å². The molecule has 7 rings (SSSR count). The lowest BCUT2D eigenvalue weighted by molar-refractivity contribution is -0.280. The van der Waals surface area contributed by atoms with Crippen LogP contribution in [0.5, 0.6) is 5.75 Å². The highest BCUT2D eigenvalue weighted by Gasteiger charge is 2.87. The molecule has 5 aliphatic carbocycles. The van der Waals surface area contributed by atoms with Crippen molar-refractivity contribution in [2.24, 2.45) is 40.4 Å². The van der Waals surface area contributed by atoms with Crippen LogP contribution in [0, 0.1) is 40.4 Å². The average molecular weight is 616 g/mol. The molecule has 0 radical (unpaired) electrons. The number of likely N-dealkylation sites (tertiary alicyclic amines) is 1. The lowest BCUT2D eigenvalue weighted by atomic mass is 9.43. The van der Waals surface area contributed by atoms with Crippen molar-refractivity contribution in [3.63, 3.8) is 0 Å². The molecular weight excluding hydrogens is 570 g/mol. The van der Waals surface area contributed by atoms with Gasteiger partial charge in [0.25, 0.3) is 0 Å². The Labute approximate surface area is 258 Å². The van der Waals surface area contributed by atoms with Crippen LogP contribution in [0.25, 0.3) is 0 Å². The Morgan fingerprint density at radius 2 is 1.77 bits per heavy atom. The number of carbonyl (C=O) groups is 2. The molecule has 1 aromatic rings. The predicted molar refractivity (Wildman–Crippen MR) is 155 cm³/mol. The monoisotopic (exact) mass is 615 g/mol. The quantitative estimate of drug-likeness (QED) is 0.388. The third-order valence-electron chi connectivity index (χ3n) is 12.8. The van der Waals surface area contributed by atoms with Crippen LogP contribution < -0.4 is 4.74 Å². The van der Waals surface area contributed by atoms with Crippen LogP contribution in [0.1, 0.15) is 30.1 Å². The van der Waals surface area contributed by atoms with Gasteiger partial charge in [-0.3, -0.25) is 9.69 Å². The van der Waals surface area contributed by atoms with Crippen molar-refractivity contribution in [1.82, 2.24) is 4.90 Å². The summed E-state index contributed by atoms with van der Waals surface area (Å²) in [4.78, 5) is 30.6. The Hall–Kier alpha value is -2.12. The molecule has 1 saturated heterocycles. The van der Waals surface area contributed by atoms with E-state index in [9.17, 15) is 19.8 Å². The van der Waals surface area contributed by atoms with Gasteiger partial charge in [0.1, 0.15) is 23.6 Å². The van der Waals surface area contributed by atoms with Gasteiger partial charge in [0.05, 0.1) is 37.6 Å². The molecule has 2 N–H and O–H groups in total. The second-order valence-electron chi connectivity index (χ2n) is 13.9. The van der Waals surface area contributed by atoms with Crippen LogP contribution in [0.4, 0.5) is 0 Å². The van der Waals surface area contributed by atoms with Crippen LogP contribution in [-0.4, -0.2) is 124 Å². The number of carbonyl (C=O) groups excluding carboxylic acids is 2. The van der Waals surface area contributed by atoms with E-state index in [-0.39, 0.29) is 48.2 Å². The average Bonchev–Trinajstić information content (AvgIpc) is 3.36. The van der Waals surface area contributed by atoms with E-state index in [1.165, 1.54) is 7.11 Å². The molecule has 6 aliphatic rings. The number of hydrogen-bond acceptors (Lipinski definition) is 11. The zero-order chi connectivity index (χ0) is 31.3. The second-order valence-corrected chi connectivity index (χ2v) is 13.9. The van der Waals surface area contributed by atoms with Crippen LogP contribution in [0.3, 0.4) is 0 Å². The largest absolute Gasteiger partial charge is 0.497 e. The van der Waals surface area contributed by atoms with Gasteiger partial charge in [-0.15, -0.1) is 0 Å². The molecule has 14 atom stereocenters. The van der Waals surface area contributed by atoms with Gasteiger partial charge in [-0.1, -0.05) is 6.92 Å². The highest BCUT2D eigenvalue weighted by Crippen LogP contribution is 2.78. The van der Waals surface area contributed by atoms with Crippen molar-refractivity contribution in [3.05, 3.63) is 29.8 Å². The topological polar surface area (TPSA) is 133 Å². The number of nitrogens with zero attached hydrogens (tertiary/aromatic N) is 1. The molecule has 44 heavy (non-hydrogen) atoms. The third kappa shape index (κ3) is 3.47. The third-order valence-corrected chi connectivity index (χ3v) is 12.8. The first-order valence-corrected chi connectivity index (χ1v) is 15.7. The minimum absolute atomic E-state index is 0.101. The molecule has 11 heteroatoms. The molecular formula is C33H45NO10. The second kappa shape index (κ2) is 10.4. The summed E-state index contributed by atoms with van der Waals surface area (Å²) in [6.07, 6.45) is -3.03. The first-order chi connectivity index (χ1) is 21.1. The lowest BCUT2D eigenvalue weighted by Crippen LogP contribution is -2.77. The number of methoxy groups -OCH3 is 5. The molecule has 11 nitrogen and oxygen atoms in total. The number of hydrogen-bond donors (Lipinski definition) is 2. The Kier molecular flexibility index (Phi) is 7.25. The molecule has 1 aromatic carbocycles. The van der Waals surface area contributed by atoms with Crippen LogP contribution in [0.2, 0.25) is 0 Å². The summed E-state index contributed by atoms with van der Waals surface area (Å²) >= 11 is 0. The van der Waals surface area contributed by atoms with Gasteiger partial charge in [0.2, 0.25) is 0 Å². The fraction of sp³-hybridized carbons (Fsp3) is 0.758. The molecule has 1 aliphatic heterocycles. The number of Topliss-reactive ketones (excluding diaryl/α,β-unsaturated/α-hetero) is 1. The van der Waals surface area contributed by atoms with Crippen molar-refractivity contribution < 1.29 is 48.2 Å². The van der Waals surface area contributed by atoms with Crippen molar-refractivity contribution in [3.8, 4) is 5.75 Å². The van der Waals surface area contributed by atoms with E-state index >= 15 is 0 Å². The summed E-state index contributed by atoms with van der Waals surface area (Å²) in [5.41, 5.74) is -2.69. The van der Waals surface area contributed by atoms with Gasteiger partial charge in [-0.05, 0) is 43.1 Å². The van der Waals surface area contributed by atoms with E-state index in [4.69, 9.17) is 28.4 Å². The van der Waals surface area contributed by atoms with Gasteiger partial charge in [-0.2, -0.15) is 0 Å². The zero-order valence-electron chi connectivity index (χ0n) is 26.3. The maximum absolute atomic E-state index is 14.5. The molecule has 0 aromatic heterocycles. The predicted octanol–water partition coefficient (Wildman–Crippen LogP) is 1.18. The van der Waals surface area contributed by atoms with Gasteiger partial charge in [0, 0.05) is 81.9 Å². The number of esters is 1. The maximum Gasteiger partial charge on any atom is 0.338 e. The number of aliphatic hydroxyl groups excluding tert-OH is 1. The summed E-state index contributed by atoms with van der Waals surface area (Å²) < 4.78 is 36.0. The number of ether oxygens (including phenoxy) is 6. The molecule has 7 bridgehead atoms. The zero-order valence-corrected chi connectivity index (χ0v) is 26.3. The van der Waals surface area contributed by atoms with E-state index in [2.05, 4.69) is 11.8 Å². The Bertz CT molecular complexity index is 1310. The van der Waals surface area contributed by atoms with Gasteiger partial charge in [-0.25, -0.2) is 4.79 Å². The summed E-state index contributed by atoms with van der Waals surface area (Å²) in [5.74, 6) is -1.98. The molecule has 242 valence electrons. The van der Waals surface area contributed by atoms with E-state index in [1.807, 2.05) is 0 Å². The molecule has 5 unspecified atom stereocenters. The summed E-state index contributed by atoms with van der Waals surface area (Å²) in [7, 11) is 8.02. The van der Waals surface area contributed by atoms with Crippen molar-refractivity contribution >= 4 is 11.8 Å². The van der Waals surface area contributed by atoms with E-state index < -0.39 is 52.5 Å². The summed E-state index contributed by atoms with van der Waals surface area (Å²) in [6.45, 7) is 3.73. The smallest absolute Gasteiger partial charge is 0.338 e. The number of aliphatic hydroxyl groups is 2. The number of benzene rings is 1. The highest BCUT2D eigenvalue weighted by atomic mass is 16.6. The van der Waals surface area contributed by atoms with Crippen LogP contribution in [0.15, 0.2) is 24.3 Å². The number of piperidine rings is 1.